The lowest BCUT2D eigenvalue weighted by Crippen LogP contribution is -2.26. The zero-order valence-corrected chi connectivity index (χ0v) is 10.5. The van der Waals surface area contributed by atoms with Crippen LogP contribution in [-0.4, -0.2) is 41.9 Å². The molecule has 0 saturated heterocycles. The van der Waals surface area contributed by atoms with Crippen LogP contribution in [0.15, 0.2) is 0 Å². The Morgan fingerprint density at radius 1 is 1.15 bits per heavy atom. The summed E-state index contributed by atoms with van der Waals surface area (Å²) in [5.74, 6) is 3.34. The van der Waals surface area contributed by atoms with E-state index in [1.165, 1.54) is 24.5 Å². The van der Waals surface area contributed by atoms with E-state index in [2.05, 4.69) is 18.7 Å². The van der Waals surface area contributed by atoms with E-state index in [9.17, 15) is 0 Å². The summed E-state index contributed by atoms with van der Waals surface area (Å²) >= 11 is 7.69. The summed E-state index contributed by atoms with van der Waals surface area (Å²) in [6, 6.07) is 0. The molecule has 0 radical (unpaired) electrons. The molecular formula is C10H22ClNS. The van der Waals surface area contributed by atoms with E-state index in [0.29, 0.717) is 0 Å². The van der Waals surface area contributed by atoms with E-state index in [4.69, 9.17) is 11.6 Å². The maximum absolute atomic E-state index is 5.66. The van der Waals surface area contributed by atoms with Gasteiger partial charge in [-0.25, -0.2) is 0 Å². The fourth-order valence-electron chi connectivity index (χ4n) is 1.25. The van der Waals surface area contributed by atoms with Gasteiger partial charge in [0.2, 0.25) is 0 Å². The van der Waals surface area contributed by atoms with E-state index >= 15 is 0 Å². The van der Waals surface area contributed by atoms with Crippen molar-refractivity contribution in [2.75, 3.05) is 37.0 Å². The highest BCUT2D eigenvalue weighted by Gasteiger charge is 2.00. The molecular weight excluding hydrogens is 202 g/mol. The molecule has 0 bridgehead atoms. The number of hydrogen-bond acceptors (Lipinski definition) is 2. The Morgan fingerprint density at radius 3 is 2.38 bits per heavy atom. The highest BCUT2D eigenvalue weighted by Crippen LogP contribution is 2.03. The highest BCUT2D eigenvalue weighted by atomic mass is 35.5. The van der Waals surface area contributed by atoms with Gasteiger partial charge < -0.3 is 4.90 Å². The van der Waals surface area contributed by atoms with Crippen molar-refractivity contribution >= 4 is 23.4 Å². The Morgan fingerprint density at radius 2 is 1.85 bits per heavy atom. The summed E-state index contributed by atoms with van der Waals surface area (Å²) < 4.78 is 0. The number of alkyl halides is 1. The molecule has 0 N–H and O–H groups in total. The molecule has 3 heteroatoms. The average Bonchev–Trinajstić information content (AvgIpc) is 2.17. The van der Waals surface area contributed by atoms with Crippen LogP contribution in [0.3, 0.4) is 0 Å². The number of nitrogens with zero attached hydrogens (tertiary/aromatic N) is 1. The van der Waals surface area contributed by atoms with Crippen LogP contribution in [0, 0.1) is 0 Å². The SMILES string of the molecule is CCSCCCN(CC)CCCCl. The topological polar surface area (TPSA) is 3.24 Å². The largest absolute Gasteiger partial charge is 0.304 e. The Hall–Kier alpha value is 0.600. The minimum Gasteiger partial charge on any atom is -0.304 e. The van der Waals surface area contributed by atoms with Gasteiger partial charge in [-0.15, -0.1) is 11.6 Å². The van der Waals surface area contributed by atoms with Gasteiger partial charge in [0.25, 0.3) is 0 Å². The van der Waals surface area contributed by atoms with Crippen molar-refractivity contribution in [3.05, 3.63) is 0 Å². The third-order valence-electron chi connectivity index (χ3n) is 2.02. The number of hydrogen-bond donors (Lipinski definition) is 0. The van der Waals surface area contributed by atoms with Gasteiger partial charge in [-0.05, 0) is 44.0 Å². The van der Waals surface area contributed by atoms with Crippen LogP contribution < -0.4 is 0 Å². The van der Waals surface area contributed by atoms with Crippen LogP contribution in [0.4, 0.5) is 0 Å². The molecule has 0 aliphatic carbocycles. The van der Waals surface area contributed by atoms with Gasteiger partial charge in [0.15, 0.2) is 0 Å². The molecule has 0 saturated carbocycles. The first kappa shape index (κ1) is 13.6. The lowest BCUT2D eigenvalue weighted by molar-refractivity contribution is 0.291. The van der Waals surface area contributed by atoms with E-state index in [-0.39, 0.29) is 0 Å². The third-order valence-corrected chi connectivity index (χ3v) is 3.28. The van der Waals surface area contributed by atoms with Gasteiger partial charge in [0.05, 0.1) is 0 Å². The van der Waals surface area contributed by atoms with Gasteiger partial charge in [-0.3, -0.25) is 0 Å². The van der Waals surface area contributed by atoms with Crippen molar-refractivity contribution in [1.82, 2.24) is 4.90 Å². The smallest absolute Gasteiger partial charge is 0.0235 e. The van der Waals surface area contributed by atoms with Gasteiger partial charge >= 0.3 is 0 Å². The molecule has 0 aromatic rings. The summed E-state index contributed by atoms with van der Waals surface area (Å²) in [6.45, 7) is 8.00. The van der Waals surface area contributed by atoms with Crippen LogP contribution in [0.2, 0.25) is 0 Å². The zero-order valence-electron chi connectivity index (χ0n) is 8.89. The fourth-order valence-corrected chi connectivity index (χ4v) is 1.99. The third kappa shape index (κ3) is 8.92. The maximum atomic E-state index is 5.66. The van der Waals surface area contributed by atoms with Crippen LogP contribution in [0.1, 0.15) is 26.7 Å². The quantitative estimate of drug-likeness (QED) is 0.437. The standard InChI is InChI=1S/C10H22ClNS/c1-3-12(8-5-7-11)9-6-10-13-4-2/h3-10H2,1-2H3. The first-order valence-electron chi connectivity index (χ1n) is 5.21. The monoisotopic (exact) mass is 223 g/mol. The molecule has 0 aromatic heterocycles. The lowest BCUT2D eigenvalue weighted by Gasteiger charge is -2.19. The van der Waals surface area contributed by atoms with Crippen LogP contribution >= 0.6 is 23.4 Å². The zero-order chi connectivity index (χ0) is 9.94. The summed E-state index contributed by atoms with van der Waals surface area (Å²) in [5.41, 5.74) is 0. The molecule has 1 nitrogen and oxygen atoms in total. The molecule has 0 unspecified atom stereocenters. The Labute approximate surface area is 92.2 Å². The lowest BCUT2D eigenvalue weighted by atomic mass is 10.3. The minimum absolute atomic E-state index is 0.792. The molecule has 0 aliphatic heterocycles. The minimum atomic E-state index is 0.792. The summed E-state index contributed by atoms with van der Waals surface area (Å²) in [4.78, 5) is 2.48. The van der Waals surface area contributed by atoms with Crippen molar-refractivity contribution < 1.29 is 0 Å². The molecule has 0 aromatic carbocycles. The second kappa shape index (κ2) is 10.7. The van der Waals surface area contributed by atoms with Crippen LogP contribution in [0.25, 0.3) is 0 Å². The molecule has 0 amide bonds. The van der Waals surface area contributed by atoms with E-state index in [1.807, 2.05) is 11.8 Å². The Bertz CT molecular complexity index is 101. The normalized spacial score (nSPS) is 11.1. The molecule has 0 atom stereocenters. The molecule has 80 valence electrons. The fraction of sp³-hybridized carbons (Fsp3) is 1.00. The predicted octanol–water partition coefficient (Wildman–Crippen LogP) is 3.08. The average molecular weight is 224 g/mol. The molecule has 13 heavy (non-hydrogen) atoms. The van der Waals surface area contributed by atoms with E-state index in [0.717, 1.165) is 25.4 Å². The van der Waals surface area contributed by atoms with Crippen molar-refractivity contribution in [2.24, 2.45) is 0 Å². The van der Waals surface area contributed by atoms with Gasteiger partial charge in [-0.2, -0.15) is 11.8 Å². The molecule has 0 rings (SSSR count). The van der Waals surface area contributed by atoms with Gasteiger partial charge in [0.1, 0.15) is 0 Å². The van der Waals surface area contributed by atoms with Crippen LogP contribution in [-0.2, 0) is 0 Å². The Balaban J connectivity index is 3.25. The molecule has 0 heterocycles. The molecule has 0 aliphatic rings. The van der Waals surface area contributed by atoms with E-state index < -0.39 is 0 Å². The van der Waals surface area contributed by atoms with E-state index in [1.54, 1.807) is 0 Å². The predicted molar refractivity (Wildman–Crippen MR) is 65.1 cm³/mol. The van der Waals surface area contributed by atoms with Crippen molar-refractivity contribution in [1.29, 1.82) is 0 Å². The Kier molecular flexibility index (Phi) is 11.2. The first-order chi connectivity index (χ1) is 6.35. The summed E-state index contributed by atoms with van der Waals surface area (Å²) in [5, 5.41) is 0. The summed E-state index contributed by atoms with van der Waals surface area (Å²) in [7, 11) is 0. The van der Waals surface area contributed by atoms with Crippen LogP contribution in [0.5, 0.6) is 0 Å². The van der Waals surface area contributed by atoms with Crippen molar-refractivity contribution in [3.63, 3.8) is 0 Å². The first-order valence-corrected chi connectivity index (χ1v) is 6.90. The summed E-state index contributed by atoms with van der Waals surface area (Å²) in [6.07, 6.45) is 2.44. The molecule has 0 fully saturated rings. The molecule has 0 spiro atoms. The number of halogens is 1. The van der Waals surface area contributed by atoms with Gasteiger partial charge in [-0.1, -0.05) is 13.8 Å². The van der Waals surface area contributed by atoms with Crippen molar-refractivity contribution in [3.8, 4) is 0 Å². The van der Waals surface area contributed by atoms with Crippen molar-refractivity contribution in [2.45, 2.75) is 26.7 Å². The number of thioether (sulfide) groups is 1. The second-order valence-corrected chi connectivity index (χ2v) is 4.80. The number of rotatable bonds is 9. The maximum Gasteiger partial charge on any atom is 0.0235 e. The second-order valence-electron chi connectivity index (χ2n) is 3.03. The highest BCUT2D eigenvalue weighted by molar-refractivity contribution is 7.99. The van der Waals surface area contributed by atoms with Gasteiger partial charge in [0, 0.05) is 5.88 Å².